The lowest BCUT2D eigenvalue weighted by Gasteiger charge is -2.31. The van der Waals surface area contributed by atoms with Gasteiger partial charge in [-0.3, -0.25) is 4.98 Å². The predicted molar refractivity (Wildman–Crippen MR) is 78.9 cm³/mol. The number of benzene rings is 1. The van der Waals surface area contributed by atoms with Gasteiger partial charge in [0.1, 0.15) is 0 Å². The van der Waals surface area contributed by atoms with Crippen LogP contribution >= 0.6 is 0 Å². The van der Waals surface area contributed by atoms with E-state index < -0.39 is 0 Å². The Morgan fingerprint density at radius 1 is 1.11 bits per heavy atom. The number of fused-ring (bicyclic) bond motifs is 1. The normalized spacial score (nSPS) is 12.9. The van der Waals surface area contributed by atoms with Crippen molar-refractivity contribution in [2.45, 2.75) is 26.8 Å². The van der Waals surface area contributed by atoms with Crippen LogP contribution in [0.2, 0.25) is 0 Å². The van der Waals surface area contributed by atoms with E-state index in [0.717, 1.165) is 11.1 Å². The van der Waals surface area contributed by atoms with Gasteiger partial charge in [0, 0.05) is 47.6 Å². The summed E-state index contributed by atoms with van der Waals surface area (Å²) in [4.78, 5) is 6.47. The first kappa shape index (κ1) is 12.7. The molecule has 1 aromatic carbocycles. The summed E-state index contributed by atoms with van der Waals surface area (Å²) in [5.41, 5.74) is 8.00. The Morgan fingerprint density at radius 3 is 2.50 bits per heavy atom. The van der Waals surface area contributed by atoms with Gasteiger partial charge in [-0.05, 0) is 31.0 Å². The summed E-state index contributed by atoms with van der Waals surface area (Å²) in [7, 11) is 2.13. The molecule has 0 saturated heterocycles. The van der Waals surface area contributed by atoms with Crippen molar-refractivity contribution in [2.24, 2.45) is 5.92 Å². The molecule has 18 heavy (non-hydrogen) atoms. The van der Waals surface area contributed by atoms with Gasteiger partial charge in [0.05, 0.1) is 0 Å². The summed E-state index contributed by atoms with van der Waals surface area (Å²) < 4.78 is 0. The average molecular weight is 243 g/mol. The van der Waals surface area contributed by atoms with Gasteiger partial charge in [-0.15, -0.1) is 0 Å². The maximum absolute atomic E-state index is 6.00. The highest BCUT2D eigenvalue weighted by Crippen LogP contribution is 2.31. The number of nitrogen functional groups attached to an aromatic ring is 1. The van der Waals surface area contributed by atoms with Gasteiger partial charge < -0.3 is 10.6 Å². The second-order valence-electron chi connectivity index (χ2n) is 5.19. The lowest BCUT2D eigenvalue weighted by atomic mass is 10.0. The Labute approximate surface area is 109 Å². The third kappa shape index (κ3) is 2.13. The summed E-state index contributed by atoms with van der Waals surface area (Å²) in [6.45, 7) is 6.72. The predicted octanol–water partition coefficient (Wildman–Crippen LogP) is 3.30. The first-order valence-corrected chi connectivity index (χ1v) is 6.37. The van der Waals surface area contributed by atoms with Gasteiger partial charge in [-0.1, -0.05) is 13.8 Å². The van der Waals surface area contributed by atoms with Crippen molar-refractivity contribution in [3.63, 3.8) is 0 Å². The van der Waals surface area contributed by atoms with E-state index in [9.17, 15) is 0 Å². The lowest BCUT2D eigenvalue weighted by molar-refractivity contribution is 0.506. The van der Waals surface area contributed by atoms with Crippen LogP contribution < -0.4 is 10.6 Å². The fourth-order valence-electron chi connectivity index (χ4n) is 2.17. The maximum atomic E-state index is 6.00. The molecule has 0 amide bonds. The van der Waals surface area contributed by atoms with Gasteiger partial charge in [-0.2, -0.15) is 0 Å². The molecule has 2 N–H and O–H groups in total. The Bertz CT molecular complexity index is 548. The summed E-state index contributed by atoms with van der Waals surface area (Å²) in [6, 6.07) is 6.56. The molecule has 0 saturated carbocycles. The summed E-state index contributed by atoms with van der Waals surface area (Å²) >= 11 is 0. The number of hydrogen-bond donors (Lipinski definition) is 1. The Balaban J connectivity index is 2.55. The van der Waals surface area contributed by atoms with Crippen molar-refractivity contribution >= 4 is 22.1 Å². The molecule has 1 atom stereocenters. The highest BCUT2D eigenvalue weighted by atomic mass is 15.1. The fraction of sp³-hybridized carbons (Fsp3) is 0.400. The summed E-state index contributed by atoms with van der Waals surface area (Å²) in [6.07, 6.45) is 3.65. The molecular formula is C15H21N3. The van der Waals surface area contributed by atoms with Crippen LogP contribution in [-0.2, 0) is 0 Å². The topological polar surface area (TPSA) is 42.1 Å². The molecule has 1 unspecified atom stereocenters. The van der Waals surface area contributed by atoms with Crippen molar-refractivity contribution in [1.29, 1.82) is 0 Å². The van der Waals surface area contributed by atoms with Crippen LogP contribution in [0.5, 0.6) is 0 Å². The van der Waals surface area contributed by atoms with Crippen molar-refractivity contribution in [3.05, 3.63) is 30.6 Å². The standard InChI is InChI=1S/C15H21N3/c1-10(2)11(3)18(4)15-6-5-14(16)13-9-17-8-7-12(13)15/h5-11H,16H2,1-4H3. The molecule has 1 aromatic heterocycles. The van der Waals surface area contributed by atoms with Crippen molar-refractivity contribution in [1.82, 2.24) is 4.98 Å². The van der Waals surface area contributed by atoms with Crippen LogP contribution in [0, 0.1) is 5.92 Å². The van der Waals surface area contributed by atoms with Crippen LogP contribution in [0.3, 0.4) is 0 Å². The number of nitrogens with zero attached hydrogens (tertiary/aromatic N) is 2. The Morgan fingerprint density at radius 2 is 1.83 bits per heavy atom. The van der Waals surface area contributed by atoms with E-state index in [1.807, 2.05) is 24.5 Å². The van der Waals surface area contributed by atoms with Crippen LogP contribution in [0.1, 0.15) is 20.8 Å². The Hall–Kier alpha value is -1.77. The zero-order valence-electron chi connectivity index (χ0n) is 11.5. The van der Waals surface area contributed by atoms with E-state index in [0.29, 0.717) is 12.0 Å². The molecule has 3 heteroatoms. The van der Waals surface area contributed by atoms with E-state index in [1.54, 1.807) is 0 Å². The molecule has 3 nitrogen and oxygen atoms in total. The molecule has 2 aromatic rings. The summed E-state index contributed by atoms with van der Waals surface area (Å²) in [5, 5.41) is 2.19. The second-order valence-corrected chi connectivity index (χ2v) is 5.19. The minimum absolute atomic E-state index is 0.477. The lowest BCUT2D eigenvalue weighted by Crippen LogP contribution is -2.33. The van der Waals surface area contributed by atoms with Crippen molar-refractivity contribution < 1.29 is 0 Å². The SMILES string of the molecule is CC(C)C(C)N(C)c1ccc(N)c2cnccc12. The molecule has 2 rings (SSSR count). The molecule has 0 aliphatic rings. The zero-order valence-corrected chi connectivity index (χ0v) is 11.5. The molecule has 0 aliphatic carbocycles. The highest BCUT2D eigenvalue weighted by Gasteiger charge is 2.16. The second kappa shape index (κ2) is 4.84. The number of aromatic nitrogens is 1. The first-order chi connectivity index (χ1) is 8.52. The van der Waals surface area contributed by atoms with E-state index in [4.69, 9.17) is 5.73 Å². The summed E-state index contributed by atoms with van der Waals surface area (Å²) in [5.74, 6) is 0.601. The molecule has 0 radical (unpaired) electrons. The molecule has 0 fully saturated rings. The molecule has 0 aliphatic heterocycles. The third-order valence-electron chi connectivity index (χ3n) is 3.78. The quantitative estimate of drug-likeness (QED) is 0.841. The largest absolute Gasteiger partial charge is 0.398 e. The fourth-order valence-corrected chi connectivity index (χ4v) is 2.17. The van der Waals surface area contributed by atoms with E-state index in [1.165, 1.54) is 11.1 Å². The van der Waals surface area contributed by atoms with Crippen LogP contribution in [0.15, 0.2) is 30.6 Å². The Kier molecular flexibility index (Phi) is 3.41. The van der Waals surface area contributed by atoms with Gasteiger partial charge in [0.2, 0.25) is 0 Å². The molecule has 0 bridgehead atoms. The van der Waals surface area contributed by atoms with Gasteiger partial charge in [0.15, 0.2) is 0 Å². The first-order valence-electron chi connectivity index (χ1n) is 6.37. The van der Waals surface area contributed by atoms with E-state index >= 15 is 0 Å². The van der Waals surface area contributed by atoms with E-state index in [2.05, 4.69) is 43.8 Å². The molecule has 1 heterocycles. The minimum Gasteiger partial charge on any atom is -0.398 e. The number of nitrogens with two attached hydrogens (primary N) is 1. The number of pyridine rings is 1. The minimum atomic E-state index is 0.477. The maximum Gasteiger partial charge on any atom is 0.0448 e. The van der Waals surface area contributed by atoms with Crippen LogP contribution in [0.25, 0.3) is 10.8 Å². The average Bonchev–Trinajstić information content (AvgIpc) is 2.38. The van der Waals surface area contributed by atoms with E-state index in [-0.39, 0.29) is 0 Å². The van der Waals surface area contributed by atoms with Gasteiger partial charge in [0.25, 0.3) is 0 Å². The van der Waals surface area contributed by atoms with Crippen molar-refractivity contribution in [2.75, 3.05) is 17.7 Å². The zero-order chi connectivity index (χ0) is 13.3. The van der Waals surface area contributed by atoms with Crippen molar-refractivity contribution in [3.8, 4) is 0 Å². The monoisotopic (exact) mass is 243 g/mol. The van der Waals surface area contributed by atoms with Crippen LogP contribution in [-0.4, -0.2) is 18.1 Å². The number of rotatable bonds is 3. The number of anilines is 2. The van der Waals surface area contributed by atoms with Crippen LogP contribution in [0.4, 0.5) is 11.4 Å². The molecule has 96 valence electrons. The smallest absolute Gasteiger partial charge is 0.0448 e. The van der Waals surface area contributed by atoms with Gasteiger partial charge >= 0.3 is 0 Å². The highest BCUT2D eigenvalue weighted by molar-refractivity contribution is 6.00. The molecular weight excluding hydrogens is 222 g/mol. The molecule has 0 spiro atoms. The third-order valence-corrected chi connectivity index (χ3v) is 3.78. The van der Waals surface area contributed by atoms with Gasteiger partial charge in [-0.25, -0.2) is 0 Å². The number of hydrogen-bond acceptors (Lipinski definition) is 3.